The second-order valence-corrected chi connectivity index (χ2v) is 7.97. The smallest absolute Gasteiger partial charge is 0.268 e. The van der Waals surface area contributed by atoms with Crippen LogP contribution in [0.3, 0.4) is 0 Å². The lowest BCUT2D eigenvalue weighted by Gasteiger charge is -2.14. The quantitative estimate of drug-likeness (QED) is 0.418. The van der Waals surface area contributed by atoms with E-state index in [1.54, 1.807) is 39.0 Å². The average Bonchev–Trinajstić information content (AvgIpc) is 2.80. The van der Waals surface area contributed by atoms with Gasteiger partial charge in [0.1, 0.15) is 16.8 Å². The molecule has 0 aliphatic heterocycles. The second-order valence-electron chi connectivity index (χ2n) is 7.97. The molecule has 0 atom stereocenters. The minimum atomic E-state index is -0.707. The van der Waals surface area contributed by atoms with Crippen LogP contribution >= 0.6 is 0 Å². The normalized spacial score (nSPS) is 10.8. The number of ether oxygens (including phenoxy) is 2. The summed E-state index contributed by atoms with van der Waals surface area (Å²) in [6.07, 6.45) is 3.04. The molecule has 0 unspecified atom stereocenters. The van der Waals surface area contributed by atoms with Crippen molar-refractivity contribution < 1.29 is 18.7 Å². The maximum absolute atomic E-state index is 14.9. The molecule has 0 saturated carbocycles. The Kier molecular flexibility index (Phi) is 6.33. The van der Waals surface area contributed by atoms with Crippen molar-refractivity contribution in [2.24, 2.45) is 0 Å². The van der Waals surface area contributed by atoms with Crippen molar-refractivity contribution in [3.8, 4) is 17.2 Å². The van der Waals surface area contributed by atoms with Crippen molar-refractivity contribution in [3.05, 3.63) is 88.4 Å². The molecule has 178 valence electrons. The standard InChI is InChI=1S/C26H23FN4O4/c1-14(2)31-16(4)10-15(3)23(26(31)33)25(32)30-17-6-7-21(19(27)11-17)35-22-8-9-28-20-12-18(34-5)13-29-24(20)22/h6-13H,1H2,2-5H3,(H,30,32). The number of hydrogen-bond acceptors (Lipinski definition) is 6. The molecule has 0 bridgehead atoms. The van der Waals surface area contributed by atoms with E-state index < -0.39 is 17.3 Å². The summed E-state index contributed by atoms with van der Waals surface area (Å²) in [6.45, 7) is 8.91. The lowest BCUT2D eigenvalue weighted by molar-refractivity contribution is 0.102. The van der Waals surface area contributed by atoms with Gasteiger partial charge >= 0.3 is 0 Å². The molecule has 0 radical (unpaired) electrons. The molecule has 3 heterocycles. The van der Waals surface area contributed by atoms with Crippen molar-refractivity contribution in [2.75, 3.05) is 12.4 Å². The van der Waals surface area contributed by atoms with E-state index in [0.29, 0.717) is 39.5 Å². The number of halogens is 1. The Labute approximate surface area is 200 Å². The summed E-state index contributed by atoms with van der Waals surface area (Å²) in [5.41, 5.74) is 2.28. The van der Waals surface area contributed by atoms with Gasteiger partial charge in [0, 0.05) is 41.5 Å². The fourth-order valence-electron chi connectivity index (χ4n) is 3.80. The van der Waals surface area contributed by atoms with Crippen LogP contribution in [0.25, 0.3) is 16.7 Å². The second kappa shape index (κ2) is 9.38. The molecule has 4 aromatic rings. The molecule has 0 saturated heterocycles. The molecule has 8 nitrogen and oxygen atoms in total. The van der Waals surface area contributed by atoms with Gasteiger partial charge in [0.25, 0.3) is 11.5 Å². The van der Waals surface area contributed by atoms with E-state index in [9.17, 15) is 14.0 Å². The average molecular weight is 474 g/mol. The fourth-order valence-corrected chi connectivity index (χ4v) is 3.80. The Bertz CT molecular complexity index is 1540. The Balaban J connectivity index is 1.60. The largest absolute Gasteiger partial charge is 0.495 e. The van der Waals surface area contributed by atoms with Crippen LogP contribution in [0.15, 0.2) is 60.2 Å². The number of aromatic nitrogens is 3. The van der Waals surface area contributed by atoms with Crippen LogP contribution < -0.4 is 20.3 Å². The van der Waals surface area contributed by atoms with Crippen LogP contribution in [0.4, 0.5) is 10.1 Å². The topological polar surface area (TPSA) is 95.3 Å². The number of aryl methyl sites for hydroxylation is 2. The molecule has 9 heteroatoms. The van der Waals surface area contributed by atoms with Crippen LogP contribution in [-0.2, 0) is 0 Å². The van der Waals surface area contributed by atoms with Gasteiger partial charge in [-0.15, -0.1) is 0 Å². The van der Waals surface area contributed by atoms with Crippen LogP contribution in [0, 0.1) is 19.7 Å². The Morgan fingerprint density at radius 2 is 1.89 bits per heavy atom. The summed E-state index contributed by atoms with van der Waals surface area (Å²) in [7, 11) is 1.52. The van der Waals surface area contributed by atoms with Gasteiger partial charge in [-0.05, 0) is 44.5 Å². The zero-order chi connectivity index (χ0) is 25.3. The van der Waals surface area contributed by atoms with Crippen molar-refractivity contribution in [1.29, 1.82) is 0 Å². The van der Waals surface area contributed by atoms with Gasteiger partial charge in [-0.3, -0.25) is 19.1 Å². The van der Waals surface area contributed by atoms with E-state index in [-0.39, 0.29) is 17.0 Å². The number of pyridine rings is 3. The Morgan fingerprint density at radius 1 is 1.11 bits per heavy atom. The number of fused-ring (bicyclic) bond motifs is 1. The number of rotatable bonds is 6. The van der Waals surface area contributed by atoms with E-state index in [2.05, 4.69) is 21.9 Å². The summed E-state index contributed by atoms with van der Waals surface area (Å²) < 4.78 is 27.1. The summed E-state index contributed by atoms with van der Waals surface area (Å²) in [4.78, 5) is 34.3. The molecule has 4 rings (SSSR count). The number of carbonyl (C=O) groups excluding carboxylic acids is 1. The third kappa shape index (κ3) is 4.61. The zero-order valence-electron chi connectivity index (χ0n) is 19.7. The summed E-state index contributed by atoms with van der Waals surface area (Å²) in [6, 6.07) is 8.98. The molecule has 1 N–H and O–H groups in total. The van der Waals surface area contributed by atoms with Gasteiger partial charge in [0.2, 0.25) is 0 Å². The number of benzene rings is 1. The number of carbonyl (C=O) groups is 1. The first-order valence-electron chi connectivity index (χ1n) is 10.7. The predicted molar refractivity (Wildman–Crippen MR) is 132 cm³/mol. The molecule has 0 fully saturated rings. The van der Waals surface area contributed by atoms with Crippen molar-refractivity contribution in [2.45, 2.75) is 20.8 Å². The highest BCUT2D eigenvalue weighted by molar-refractivity contribution is 6.05. The summed E-state index contributed by atoms with van der Waals surface area (Å²) >= 11 is 0. The molecule has 0 aliphatic rings. The third-order valence-electron chi connectivity index (χ3n) is 5.36. The first kappa shape index (κ1) is 23.6. The van der Waals surface area contributed by atoms with Crippen molar-refractivity contribution in [1.82, 2.24) is 14.5 Å². The number of allylic oxidation sites excluding steroid dienone is 1. The molecule has 3 aromatic heterocycles. The maximum Gasteiger partial charge on any atom is 0.268 e. The van der Waals surface area contributed by atoms with Crippen LogP contribution in [-0.4, -0.2) is 27.6 Å². The van der Waals surface area contributed by atoms with E-state index in [1.807, 2.05) is 0 Å². The number of hydrogen-bond donors (Lipinski definition) is 1. The highest BCUT2D eigenvalue weighted by atomic mass is 19.1. The van der Waals surface area contributed by atoms with Gasteiger partial charge in [-0.1, -0.05) is 6.58 Å². The SMILES string of the molecule is C=C(C)n1c(C)cc(C)c(C(=O)Nc2ccc(Oc3ccnc4cc(OC)cnc34)c(F)c2)c1=O. The zero-order valence-corrected chi connectivity index (χ0v) is 19.7. The van der Waals surface area contributed by atoms with Crippen molar-refractivity contribution in [3.63, 3.8) is 0 Å². The first-order valence-corrected chi connectivity index (χ1v) is 10.7. The number of nitrogens with one attached hydrogen (secondary N) is 1. The number of nitrogens with zero attached hydrogens (tertiary/aromatic N) is 3. The molecule has 0 spiro atoms. The van der Waals surface area contributed by atoms with Gasteiger partial charge in [0.05, 0.1) is 18.8 Å². The molecule has 0 aliphatic carbocycles. The van der Waals surface area contributed by atoms with Gasteiger partial charge in [-0.25, -0.2) is 9.37 Å². The predicted octanol–water partition coefficient (Wildman–Crippen LogP) is 5.09. The number of amides is 1. The highest BCUT2D eigenvalue weighted by Gasteiger charge is 2.19. The van der Waals surface area contributed by atoms with Crippen LogP contribution in [0.5, 0.6) is 17.2 Å². The minimum absolute atomic E-state index is 0.0379. The van der Waals surface area contributed by atoms with Crippen LogP contribution in [0.1, 0.15) is 28.5 Å². The molecule has 1 amide bonds. The van der Waals surface area contributed by atoms with Gasteiger partial charge in [0.15, 0.2) is 17.3 Å². The van der Waals surface area contributed by atoms with Crippen LogP contribution in [0.2, 0.25) is 0 Å². The Morgan fingerprint density at radius 3 is 2.57 bits per heavy atom. The summed E-state index contributed by atoms with van der Waals surface area (Å²) in [5.74, 6) is -0.574. The van der Waals surface area contributed by atoms with Gasteiger partial charge < -0.3 is 14.8 Å². The lowest BCUT2D eigenvalue weighted by Crippen LogP contribution is -2.31. The minimum Gasteiger partial charge on any atom is -0.495 e. The molecule has 1 aromatic carbocycles. The monoisotopic (exact) mass is 474 g/mol. The van der Waals surface area contributed by atoms with E-state index in [0.717, 1.165) is 6.07 Å². The number of methoxy groups -OCH3 is 1. The third-order valence-corrected chi connectivity index (χ3v) is 5.36. The molecule has 35 heavy (non-hydrogen) atoms. The fraction of sp³-hybridized carbons (Fsp3) is 0.154. The Hall–Kier alpha value is -4.53. The maximum atomic E-state index is 14.9. The highest BCUT2D eigenvalue weighted by Crippen LogP contribution is 2.31. The van der Waals surface area contributed by atoms with E-state index >= 15 is 0 Å². The van der Waals surface area contributed by atoms with Gasteiger partial charge in [-0.2, -0.15) is 0 Å². The number of anilines is 1. The van der Waals surface area contributed by atoms with E-state index in [1.165, 1.54) is 36.2 Å². The summed E-state index contributed by atoms with van der Waals surface area (Å²) in [5, 5.41) is 2.59. The lowest BCUT2D eigenvalue weighted by atomic mass is 10.1. The van der Waals surface area contributed by atoms with E-state index in [4.69, 9.17) is 9.47 Å². The molecular weight excluding hydrogens is 451 g/mol. The van der Waals surface area contributed by atoms with Crippen molar-refractivity contribution >= 4 is 28.3 Å². The molecular formula is C26H23FN4O4. The first-order chi connectivity index (χ1) is 16.7.